The molecule has 1 aliphatic carbocycles. The molecule has 0 radical (unpaired) electrons. The van der Waals surface area contributed by atoms with Gasteiger partial charge in [-0.2, -0.15) is 0 Å². The minimum atomic E-state index is 0.0868. The van der Waals surface area contributed by atoms with Crippen molar-refractivity contribution in [3.8, 4) is 0 Å². The van der Waals surface area contributed by atoms with Crippen LogP contribution in [0.5, 0.6) is 0 Å². The van der Waals surface area contributed by atoms with Crippen molar-refractivity contribution in [3.05, 3.63) is 70.0 Å². The number of hydrogen-bond donors (Lipinski definition) is 0. The van der Waals surface area contributed by atoms with Crippen LogP contribution in [-0.2, 0) is 12.8 Å². The molecule has 0 spiro atoms. The van der Waals surface area contributed by atoms with Gasteiger partial charge in [-0.1, -0.05) is 23.7 Å². The second kappa shape index (κ2) is 7.96. The molecule has 1 saturated heterocycles. The van der Waals surface area contributed by atoms with Crippen molar-refractivity contribution in [1.82, 2.24) is 19.9 Å². The summed E-state index contributed by atoms with van der Waals surface area (Å²) in [6, 6.07) is 13.6. The van der Waals surface area contributed by atoms with Crippen LogP contribution in [0.15, 0.2) is 42.5 Å². The molecule has 1 amide bonds. The molecule has 2 aromatic heterocycles. The summed E-state index contributed by atoms with van der Waals surface area (Å²) in [7, 11) is 0. The molecular weight excluding hydrogens is 434 g/mol. The molecule has 4 aromatic rings. The average molecular weight is 458 g/mol. The molecule has 33 heavy (non-hydrogen) atoms. The monoisotopic (exact) mass is 457 g/mol. The molecule has 6 rings (SSSR count). The number of nitrogens with zero attached hydrogens (tertiary/aromatic N) is 5. The summed E-state index contributed by atoms with van der Waals surface area (Å²) in [5.41, 5.74) is 6.54. The average Bonchev–Trinajstić information content (AvgIpc) is 3.30. The number of benzene rings is 2. The van der Waals surface area contributed by atoms with Gasteiger partial charge in [-0.15, -0.1) is 0 Å². The van der Waals surface area contributed by atoms with Crippen LogP contribution >= 0.6 is 11.6 Å². The highest BCUT2D eigenvalue weighted by Crippen LogP contribution is 2.33. The number of aromatic nitrogens is 3. The van der Waals surface area contributed by atoms with Crippen molar-refractivity contribution < 1.29 is 4.79 Å². The maximum absolute atomic E-state index is 13.8. The summed E-state index contributed by atoms with van der Waals surface area (Å²) in [4.78, 5) is 32.4. The van der Waals surface area contributed by atoms with E-state index in [9.17, 15) is 4.79 Å². The van der Waals surface area contributed by atoms with E-state index in [1.165, 1.54) is 0 Å². The highest BCUT2D eigenvalue weighted by atomic mass is 35.5. The van der Waals surface area contributed by atoms with Gasteiger partial charge in [-0.3, -0.25) is 9.78 Å². The fourth-order valence-corrected chi connectivity index (χ4v) is 5.31. The van der Waals surface area contributed by atoms with Crippen LogP contribution in [0.3, 0.4) is 0 Å². The normalized spacial score (nSPS) is 15.9. The number of fused-ring (bicyclic) bond motifs is 3. The third kappa shape index (κ3) is 3.49. The van der Waals surface area contributed by atoms with Crippen LogP contribution in [0, 0.1) is 6.92 Å². The number of anilines is 1. The van der Waals surface area contributed by atoms with Gasteiger partial charge in [0.2, 0.25) is 0 Å². The third-order valence-corrected chi connectivity index (χ3v) is 7.01. The van der Waals surface area contributed by atoms with Crippen LogP contribution in [0.1, 0.15) is 33.7 Å². The Labute approximate surface area is 197 Å². The lowest BCUT2D eigenvalue weighted by Crippen LogP contribution is -2.49. The van der Waals surface area contributed by atoms with Crippen LogP contribution in [0.4, 0.5) is 5.82 Å². The molecule has 0 bridgehead atoms. The van der Waals surface area contributed by atoms with Gasteiger partial charge >= 0.3 is 0 Å². The summed E-state index contributed by atoms with van der Waals surface area (Å²) in [6.07, 6.45) is 2.87. The summed E-state index contributed by atoms with van der Waals surface area (Å²) in [5, 5.41) is 1.50. The van der Waals surface area contributed by atoms with Gasteiger partial charge in [0.1, 0.15) is 0 Å². The summed E-state index contributed by atoms with van der Waals surface area (Å²) < 4.78 is 0. The van der Waals surface area contributed by atoms with E-state index in [1.54, 1.807) is 0 Å². The van der Waals surface area contributed by atoms with Crippen molar-refractivity contribution in [2.24, 2.45) is 0 Å². The number of hydrogen-bond acceptors (Lipinski definition) is 5. The van der Waals surface area contributed by atoms with E-state index in [1.807, 2.05) is 54.3 Å². The first-order valence-electron chi connectivity index (χ1n) is 11.5. The van der Waals surface area contributed by atoms with Crippen LogP contribution in [-0.4, -0.2) is 51.9 Å². The fourth-order valence-electron chi connectivity index (χ4n) is 5.14. The third-order valence-electron chi connectivity index (χ3n) is 6.77. The lowest BCUT2D eigenvalue weighted by molar-refractivity contribution is 0.0747. The van der Waals surface area contributed by atoms with Gasteiger partial charge in [0.05, 0.1) is 27.8 Å². The number of rotatable bonds is 2. The predicted octanol–water partition coefficient (Wildman–Crippen LogP) is 4.59. The standard InChI is InChI=1S/C26H24ClN5O/c1-16-25(30-23-7-3-2-6-22(23)28-16)31-11-13-32(14-12-31)26(33)24-18-5-4-8-20(18)29-21-10-9-17(27)15-19(21)24/h2-3,6-7,9-10,15H,4-5,8,11-14H2,1H3. The lowest BCUT2D eigenvalue weighted by atomic mass is 9.99. The Bertz CT molecular complexity index is 1410. The van der Waals surface area contributed by atoms with Gasteiger partial charge in [0.25, 0.3) is 5.91 Å². The van der Waals surface area contributed by atoms with Crippen LogP contribution in [0.25, 0.3) is 21.9 Å². The highest BCUT2D eigenvalue weighted by molar-refractivity contribution is 6.31. The first-order chi connectivity index (χ1) is 16.1. The Morgan fingerprint density at radius 3 is 2.45 bits per heavy atom. The van der Waals surface area contributed by atoms with Crippen molar-refractivity contribution in [3.63, 3.8) is 0 Å². The van der Waals surface area contributed by atoms with Crippen molar-refractivity contribution in [1.29, 1.82) is 0 Å². The van der Waals surface area contributed by atoms with E-state index in [2.05, 4.69) is 4.90 Å². The first-order valence-corrected chi connectivity index (χ1v) is 11.8. The zero-order valence-corrected chi connectivity index (χ0v) is 19.3. The topological polar surface area (TPSA) is 62.2 Å². The van der Waals surface area contributed by atoms with Gasteiger partial charge in [0.15, 0.2) is 5.82 Å². The van der Waals surface area contributed by atoms with E-state index in [0.717, 1.165) is 82.6 Å². The number of carbonyl (C=O) groups is 1. The van der Waals surface area contributed by atoms with Crippen LogP contribution < -0.4 is 4.90 Å². The predicted molar refractivity (Wildman–Crippen MR) is 131 cm³/mol. The lowest BCUT2D eigenvalue weighted by Gasteiger charge is -2.36. The Hall–Kier alpha value is -3.25. The Balaban J connectivity index is 1.29. The Morgan fingerprint density at radius 1 is 0.909 bits per heavy atom. The smallest absolute Gasteiger partial charge is 0.255 e. The number of halogens is 1. The largest absolute Gasteiger partial charge is 0.352 e. The number of aryl methyl sites for hydroxylation is 2. The minimum Gasteiger partial charge on any atom is -0.352 e. The van der Waals surface area contributed by atoms with Crippen LogP contribution in [0.2, 0.25) is 5.02 Å². The molecule has 1 fully saturated rings. The van der Waals surface area contributed by atoms with E-state index in [4.69, 9.17) is 26.6 Å². The molecule has 2 aliphatic rings. The van der Waals surface area contributed by atoms with Gasteiger partial charge in [-0.25, -0.2) is 9.97 Å². The Kier molecular flexibility index (Phi) is 4.91. The molecule has 6 nitrogen and oxygen atoms in total. The molecule has 2 aromatic carbocycles. The number of piperazine rings is 1. The molecule has 0 unspecified atom stereocenters. The van der Waals surface area contributed by atoms with E-state index in [-0.39, 0.29) is 5.91 Å². The van der Waals surface area contributed by atoms with Gasteiger partial charge in [0, 0.05) is 42.3 Å². The van der Waals surface area contributed by atoms with Crippen molar-refractivity contribution in [2.75, 3.05) is 31.1 Å². The van der Waals surface area contributed by atoms with Gasteiger partial charge in [-0.05, 0) is 62.1 Å². The molecule has 166 valence electrons. The van der Waals surface area contributed by atoms with Gasteiger partial charge < -0.3 is 9.80 Å². The SMILES string of the molecule is Cc1nc2ccccc2nc1N1CCN(C(=O)c2c3c(nc4ccc(Cl)cc24)CCC3)CC1. The summed E-state index contributed by atoms with van der Waals surface area (Å²) >= 11 is 6.30. The second-order valence-electron chi connectivity index (χ2n) is 8.83. The number of amides is 1. The Morgan fingerprint density at radius 2 is 1.67 bits per heavy atom. The first kappa shape index (κ1) is 20.4. The molecule has 0 saturated carbocycles. The molecule has 1 aliphatic heterocycles. The van der Waals surface area contributed by atoms with E-state index >= 15 is 0 Å². The summed E-state index contributed by atoms with van der Waals surface area (Å²) in [6.45, 7) is 4.75. The maximum atomic E-state index is 13.8. The highest BCUT2D eigenvalue weighted by Gasteiger charge is 2.30. The maximum Gasteiger partial charge on any atom is 0.255 e. The molecular formula is C26H24ClN5O. The second-order valence-corrected chi connectivity index (χ2v) is 9.26. The molecule has 3 heterocycles. The summed E-state index contributed by atoms with van der Waals surface area (Å²) in [5.74, 6) is 0.992. The quantitative estimate of drug-likeness (QED) is 0.440. The molecule has 0 atom stereocenters. The zero-order chi connectivity index (χ0) is 22.5. The minimum absolute atomic E-state index is 0.0868. The molecule has 0 N–H and O–H groups in total. The van der Waals surface area contributed by atoms with Crippen molar-refractivity contribution >= 4 is 45.3 Å². The number of pyridine rings is 1. The van der Waals surface area contributed by atoms with E-state index < -0.39 is 0 Å². The molecule has 7 heteroatoms. The van der Waals surface area contributed by atoms with E-state index in [0.29, 0.717) is 18.1 Å². The van der Waals surface area contributed by atoms with Crippen molar-refractivity contribution in [2.45, 2.75) is 26.2 Å². The fraction of sp³-hybridized carbons (Fsp3) is 0.308. The number of carbonyl (C=O) groups excluding carboxylic acids is 1. The zero-order valence-electron chi connectivity index (χ0n) is 18.5. The number of para-hydroxylation sites is 2.